The van der Waals surface area contributed by atoms with Crippen molar-refractivity contribution < 1.29 is 89.7 Å². The number of para-hydroxylation sites is 1. The van der Waals surface area contributed by atoms with Crippen LogP contribution in [0.3, 0.4) is 0 Å². The molecule has 0 saturated heterocycles. The lowest BCUT2D eigenvalue weighted by Gasteiger charge is -2.26. The van der Waals surface area contributed by atoms with Crippen molar-refractivity contribution in [3.05, 3.63) is 203 Å². The van der Waals surface area contributed by atoms with Crippen LogP contribution in [0.4, 0.5) is 5.69 Å². The summed E-state index contributed by atoms with van der Waals surface area (Å²) in [5, 5.41) is 43.5. The van der Waals surface area contributed by atoms with Crippen LogP contribution in [-0.2, 0) is 77.6 Å². The van der Waals surface area contributed by atoms with Crippen LogP contribution < -0.4 is 57.8 Å². The number of carbonyl (C=O) groups excluding carboxylic acids is 11. The Bertz CT molecular complexity index is 4320. The van der Waals surface area contributed by atoms with E-state index in [0.29, 0.717) is 27.6 Å². The molecule has 15 N–H and O–H groups in total. The highest BCUT2D eigenvalue weighted by atomic mass is 32.3. The number of primary amides is 1. The monoisotopic (exact) mass is 1450 g/mol. The third-order valence-corrected chi connectivity index (χ3v) is 17.0. The van der Waals surface area contributed by atoms with E-state index in [4.69, 9.17) is 5.73 Å². The molecule has 0 aliphatic carbocycles. The van der Waals surface area contributed by atoms with E-state index < -0.39 is 137 Å². The predicted molar refractivity (Wildman–Crippen MR) is 377 cm³/mol. The molecule has 6 aromatic carbocycles. The summed E-state index contributed by atoms with van der Waals surface area (Å²) in [5.41, 5.74) is 8.32. The Balaban J connectivity index is 1.10. The average molecular weight is 1450 g/mol. The molecule has 542 valence electrons. The third kappa shape index (κ3) is 24.8. The van der Waals surface area contributed by atoms with Gasteiger partial charge in [0.05, 0.1) is 12.8 Å². The lowest BCUT2D eigenvalue weighted by atomic mass is 10.0. The highest BCUT2D eigenvalue weighted by molar-refractivity contribution is 7.98. The number of hydrogen-bond donors (Lipinski definition) is 14. The highest BCUT2D eigenvalue weighted by Crippen LogP contribution is 2.22. The van der Waals surface area contributed by atoms with E-state index in [0.717, 1.165) is 12.1 Å². The molecule has 0 spiro atoms. The molecule has 103 heavy (non-hydrogen) atoms. The smallest absolute Gasteiger partial charge is 0.446 e. The molecule has 0 unspecified atom stereocenters. The minimum atomic E-state index is -4.97. The number of H-pyrrole nitrogens is 1. The number of aromatic amines is 1. The SMILES string of the molecule is CCC(=O)NCCC[C@H](NC(=O)c1ccc(C(=O)c2ccccc2)cc1)C(=O)N[C@@H](CC(=O)O)C(=O)N[C@@H](Cc1ccc(OS(=O)(=O)O)cc1)C(=O)Nc1ccc(C(=O)N[C@@H](Cc2c[nH]c3ccccc23)C(=O)N[C@@H](CCSC)C(=O)N[C@@H](CC(=O)O)C(=O)N[C@@H](Cc2ccccc2)C(N)=O)cc1. The second-order valence-electron chi connectivity index (χ2n) is 23.5. The van der Waals surface area contributed by atoms with Gasteiger partial charge in [-0.1, -0.05) is 110 Å². The molecule has 0 saturated carbocycles. The summed E-state index contributed by atoms with van der Waals surface area (Å²) in [4.78, 5) is 179. The first-order valence-corrected chi connectivity index (χ1v) is 35.0. The fraction of sp³-hybridized carbons (Fsp3) is 0.282. The van der Waals surface area contributed by atoms with Crippen LogP contribution in [-0.4, -0.2) is 166 Å². The summed E-state index contributed by atoms with van der Waals surface area (Å²) in [7, 11) is -4.97. The van der Waals surface area contributed by atoms with Gasteiger partial charge >= 0.3 is 22.3 Å². The number of nitrogens with one attached hydrogen (secondary N) is 10. The maximum Gasteiger partial charge on any atom is 0.446 e. The van der Waals surface area contributed by atoms with E-state index in [2.05, 4.69) is 57.0 Å². The Morgan fingerprint density at radius 2 is 0.961 bits per heavy atom. The lowest BCUT2D eigenvalue weighted by molar-refractivity contribution is -0.141. The second kappa shape index (κ2) is 38.1. The highest BCUT2D eigenvalue weighted by Gasteiger charge is 2.35. The number of benzene rings is 6. The fourth-order valence-corrected chi connectivity index (χ4v) is 11.4. The van der Waals surface area contributed by atoms with Crippen molar-refractivity contribution in [1.82, 2.24) is 47.5 Å². The molecule has 7 rings (SSSR count). The first-order chi connectivity index (χ1) is 49.2. The normalized spacial score (nSPS) is 13.1. The summed E-state index contributed by atoms with van der Waals surface area (Å²) >= 11 is 1.30. The summed E-state index contributed by atoms with van der Waals surface area (Å²) in [6, 6.07) is 28.4. The van der Waals surface area contributed by atoms with Gasteiger partial charge in [0, 0.05) is 77.3 Å². The van der Waals surface area contributed by atoms with Crippen LogP contribution in [0.1, 0.15) is 98.8 Å². The Morgan fingerprint density at radius 1 is 0.505 bits per heavy atom. The number of anilines is 1. The van der Waals surface area contributed by atoms with Gasteiger partial charge in [-0.05, 0) is 103 Å². The van der Waals surface area contributed by atoms with E-state index in [9.17, 15) is 85.5 Å². The number of aromatic nitrogens is 1. The van der Waals surface area contributed by atoms with Gasteiger partial charge in [0.15, 0.2) is 5.78 Å². The number of carbonyl (C=O) groups is 13. The Kier molecular flexibility index (Phi) is 29.1. The predicted octanol–water partition coefficient (Wildman–Crippen LogP) is 3.06. The summed E-state index contributed by atoms with van der Waals surface area (Å²) in [5.74, 6) is -12.5. The molecule has 0 fully saturated rings. The van der Waals surface area contributed by atoms with Gasteiger partial charge in [-0.3, -0.25) is 66.9 Å². The average Bonchev–Trinajstić information content (AvgIpc) is 1.73. The number of carboxylic acids is 2. The fourth-order valence-electron chi connectivity index (χ4n) is 10.6. The summed E-state index contributed by atoms with van der Waals surface area (Å²) in [6.45, 7) is 1.68. The first-order valence-electron chi connectivity index (χ1n) is 32.2. The van der Waals surface area contributed by atoms with Crippen molar-refractivity contribution in [2.24, 2.45) is 5.73 Å². The molecule has 7 aromatic rings. The van der Waals surface area contributed by atoms with Crippen LogP contribution >= 0.6 is 11.8 Å². The maximum atomic E-state index is 14.6. The van der Waals surface area contributed by atoms with Crippen LogP contribution in [0.2, 0.25) is 0 Å². The maximum absolute atomic E-state index is 14.6. The van der Waals surface area contributed by atoms with E-state index in [1.807, 2.05) is 0 Å². The molecule has 1 aromatic heterocycles. The zero-order valence-electron chi connectivity index (χ0n) is 55.7. The number of rotatable bonds is 39. The van der Waals surface area contributed by atoms with Crippen molar-refractivity contribution in [1.29, 1.82) is 0 Å². The molecule has 0 radical (unpaired) electrons. The van der Waals surface area contributed by atoms with Gasteiger partial charge in [0.1, 0.15) is 48.0 Å². The molecular weight excluding hydrogens is 1370 g/mol. The largest absolute Gasteiger partial charge is 0.481 e. The minimum Gasteiger partial charge on any atom is -0.481 e. The number of ketones is 1. The van der Waals surface area contributed by atoms with Crippen LogP contribution in [0.15, 0.2) is 164 Å². The number of aliphatic carboxylic acids is 2. The van der Waals surface area contributed by atoms with Crippen LogP contribution in [0, 0.1) is 0 Å². The zero-order chi connectivity index (χ0) is 74.8. The van der Waals surface area contributed by atoms with E-state index in [1.165, 1.54) is 72.4 Å². The van der Waals surface area contributed by atoms with Crippen LogP contribution in [0.25, 0.3) is 10.9 Å². The Hall–Kier alpha value is -11.8. The van der Waals surface area contributed by atoms with Gasteiger partial charge in [-0.15, -0.1) is 0 Å². The van der Waals surface area contributed by atoms with Crippen molar-refractivity contribution in [2.75, 3.05) is 23.9 Å². The van der Waals surface area contributed by atoms with E-state index in [1.54, 1.807) is 104 Å². The molecule has 1 heterocycles. The molecule has 32 heteroatoms. The number of amides is 10. The molecule has 0 aliphatic rings. The first kappa shape index (κ1) is 78.6. The van der Waals surface area contributed by atoms with Crippen molar-refractivity contribution in [2.45, 2.75) is 107 Å². The Labute approximate surface area is 595 Å². The molecule has 7 atom stereocenters. The third-order valence-electron chi connectivity index (χ3n) is 15.9. The minimum absolute atomic E-state index is 0.00573. The molecule has 0 aliphatic heterocycles. The summed E-state index contributed by atoms with van der Waals surface area (Å²) < 4.78 is 36.7. The number of hydrogen-bond acceptors (Lipinski definition) is 17. The molecule has 0 bridgehead atoms. The number of thioether (sulfide) groups is 1. The summed E-state index contributed by atoms with van der Waals surface area (Å²) in [6.07, 6.45) is 0.769. The van der Waals surface area contributed by atoms with Gasteiger partial charge < -0.3 is 73.0 Å². The number of carboxylic acid groups (broad SMARTS) is 2. The standard InChI is InChI=1S/C71H77N11O19S2/c1-3-59(83)73-33-12-19-52(76-64(90)45-24-22-44(23-25-45)62(88)43-15-8-5-9-16-43)66(92)81-58(39-61(86)87)71(97)80-55(36-42-20-30-49(31-21-42)101-103(98,99)100)68(94)75-48-28-26-46(27-29-48)65(91)79-56(37-47-40-74-51-18-11-10-17-50(47)51)69(95)77-53(32-34-102-2)67(93)82-57(38-60(84)85)70(96)78-54(63(72)89)35-41-13-6-4-7-14-41/h4-11,13-18,20-31,40,52-58,74H,3,12,19,32-39H2,1-2H3,(H2,72,89)(H,73,83)(H,75,94)(H,76,90)(H,77,95)(H,78,96)(H,79,91)(H,80,97)(H,81,92)(H,82,93)(H,84,85)(H,86,87)(H,98,99,100)/t52-,53-,54-,55-,56-,57-,58-/m0/s1. The zero-order valence-corrected chi connectivity index (χ0v) is 57.3. The molecule has 30 nitrogen and oxygen atoms in total. The van der Waals surface area contributed by atoms with E-state index >= 15 is 0 Å². The van der Waals surface area contributed by atoms with E-state index in [-0.39, 0.29) is 96.2 Å². The van der Waals surface area contributed by atoms with Crippen molar-refractivity contribution >= 4 is 116 Å². The number of fused-ring (bicyclic) bond motifs is 1. The van der Waals surface area contributed by atoms with Gasteiger partial charge in [0.25, 0.3) is 11.8 Å². The molecule has 10 amide bonds. The van der Waals surface area contributed by atoms with Crippen molar-refractivity contribution in [3.63, 3.8) is 0 Å². The van der Waals surface area contributed by atoms with Crippen LogP contribution in [0.5, 0.6) is 5.75 Å². The molecular formula is C71H77N11O19S2. The van der Waals surface area contributed by atoms with Gasteiger partial charge in [-0.2, -0.15) is 20.2 Å². The second-order valence-corrected chi connectivity index (χ2v) is 25.5. The lowest BCUT2D eigenvalue weighted by Crippen LogP contribution is -2.59. The van der Waals surface area contributed by atoms with Gasteiger partial charge in [0.2, 0.25) is 47.3 Å². The van der Waals surface area contributed by atoms with Crippen molar-refractivity contribution in [3.8, 4) is 5.75 Å². The number of nitrogens with two attached hydrogens (primary N) is 1. The van der Waals surface area contributed by atoms with Gasteiger partial charge in [-0.25, -0.2) is 0 Å². The quantitative estimate of drug-likeness (QED) is 0.0150. The Morgan fingerprint density at radius 3 is 1.52 bits per heavy atom. The topological polar surface area (TPSA) is 476 Å².